The van der Waals surface area contributed by atoms with E-state index in [0.717, 1.165) is 5.56 Å². The number of benzene rings is 2. The molecule has 0 spiro atoms. The molecule has 0 aliphatic heterocycles. The number of aryl methyl sites for hydroxylation is 1. The van der Waals surface area contributed by atoms with E-state index in [-0.39, 0.29) is 16.7 Å². The number of hydrogen-bond acceptors (Lipinski definition) is 3. The van der Waals surface area contributed by atoms with Gasteiger partial charge in [-0.3, -0.25) is 10.1 Å². The fourth-order valence-corrected chi connectivity index (χ4v) is 2.63. The highest BCUT2D eigenvalue weighted by Crippen LogP contribution is 2.28. The second-order valence-electron chi connectivity index (χ2n) is 5.02. The molecule has 0 fully saturated rings. The fourth-order valence-electron chi connectivity index (χ4n) is 2.08. The molecular formula is C16H17BrN2O2. The smallest absolute Gasteiger partial charge is 0.283 e. The molecule has 110 valence electrons. The summed E-state index contributed by atoms with van der Waals surface area (Å²) in [6, 6.07) is 13.6. The van der Waals surface area contributed by atoms with Crippen molar-refractivity contribution in [2.24, 2.45) is 0 Å². The highest BCUT2D eigenvalue weighted by Gasteiger charge is 2.15. The molecule has 1 N–H and O–H groups in total. The summed E-state index contributed by atoms with van der Waals surface area (Å²) in [5.41, 5.74) is 3.40. The van der Waals surface area contributed by atoms with Crippen LogP contribution < -0.4 is 5.32 Å². The molecule has 0 heterocycles. The lowest BCUT2D eigenvalue weighted by Gasteiger charge is -2.15. The first kappa shape index (κ1) is 15.7. The molecule has 4 nitrogen and oxygen atoms in total. The van der Waals surface area contributed by atoms with E-state index in [2.05, 4.69) is 59.4 Å². The van der Waals surface area contributed by atoms with Crippen LogP contribution in [0.15, 0.2) is 46.9 Å². The summed E-state index contributed by atoms with van der Waals surface area (Å²) in [6.07, 6.45) is 0. The predicted octanol–water partition coefficient (Wildman–Crippen LogP) is 4.52. The van der Waals surface area contributed by atoms with Crippen LogP contribution >= 0.6 is 15.9 Å². The van der Waals surface area contributed by atoms with Gasteiger partial charge in [0.2, 0.25) is 0 Å². The molecular weight excluding hydrogens is 332 g/mol. The van der Waals surface area contributed by atoms with Gasteiger partial charge in [-0.2, -0.15) is 0 Å². The number of nitro groups is 1. The van der Waals surface area contributed by atoms with Crippen molar-refractivity contribution in [3.63, 3.8) is 0 Å². The first-order valence-corrected chi connectivity index (χ1v) is 7.50. The van der Waals surface area contributed by atoms with Crippen LogP contribution in [0.1, 0.15) is 29.7 Å². The molecule has 2 aromatic rings. The molecule has 0 bridgehead atoms. The van der Waals surface area contributed by atoms with Crippen LogP contribution in [0.5, 0.6) is 0 Å². The number of nitro benzene ring substituents is 1. The second-order valence-corrected chi connectivity index (χ2v) is 5.81. The number of halogens is 1. The van der Waals surface area contributed by atoms with Gasteiger partial charge in [0, 0.05) is 18.7 Å². The van der Waals surface area contributed by atoms with E-state index in [1.54, 1.807) is 6.07 Å². The molecule has 1 atom stereocenters. The third-order valence-corrected chi connectivity index (χ3v) is 4.35. The number of rotatable bonds is 5. The Kier molecular flexibility index (Phi) is 5.09. The summed E-state index contributed by atoms with van der Waals surface area (Å²) in [5.74, 6) is 0. The molecule has 0 saturated heterocycles. The van der Waals surface area contributed by atoms with Gasteiger partial charge >= 0.3 is 0 Å². The zero-order valence-corrected chi connectivity index (χ0v) is 13.6. The van der Waals surface area contributed by atoms with E-state index >= 15 is 0 Å². The van der Waals surface area contributed by atoms with E-state index < -0.39 is 0 Å². The molecule has 2 aromatic carbocycles. The van der Waals surface area contributed by atoms with Gasteiger partial charge in [0.25, 0.3) is 5.69 Å². The lowest BCUT2D eigenvalue weighted by molar-refractivity contribution is -0.385. The first-order valence-electron chi connectivity index (χ1n) is 6.70. The summed E-state index contributed by atoms with van der Waals surface area (Å²) in [6.45, 7) is 4.70. The lowest BCUT2D eigenvalue weighted by Crippen LogP contribution is -2.18. The Hall–Kier alpha value is -1.72. The quantitative estimate of drug-likeness (QED) is 0.638. The van der Waals surface area contributed by atoms with Crippen molar-refractivity contribution in [1.82, 2.24) is 5.32 Å². The average Bonchev–Trinajstić information content (AvgIpc) is 2.46. The summed E-state index contributed by atoms with van der Waals surface area (Å²) in [7, 11) is 0. The highest BCUT2D eigenvalue weighted by molar-refractivity contribution is 9.10. The van der Waals surface area contributed by atoms with Crippen LogP contribution in [0, 0.1) is 17.0 Å². The average molecular weight is 349 g/mol. The van der Waals surface area contributed by atoms with Crippen molar-refractivity contribution < 1.29 is 4.92 Å². The van der Waals surface area contributed by atoms with Crippen molar-refractivity contribution in [3.05, 3.63) is 73.7 Å². The van der Waals surface area contributed by atoms with Crippen LogP contribution in [-0.2, 0) is 6.54 Å². The predicted molar refractivity (Wildman–Crippen MR) is 87.2 cm³/mol. The molecule has 21 heavy (non-hydrogen) atoms. The van der Waals surface area contributed by atoms with E-state index in [0.29, 0.717) is 11.0 Å². The van der Waals surface area contributed by atoms with Crippen molar-refractivity contribution >= 4 is 21.6 Å². The van der Waals surface area contributed by atoms with Gasteiger partial charge in [-0.15, -0.1) is 0 Å². The third-order valence-electron chi connectivity index (χ3n) is 3.43. The largest absolute Gasteiger partial charge is 0.306 e. The van der Waals surface area contributed by atoms with Crippen LogP contribution in [0.4, 0.5) is 5.69 Å². The minimum Gasteiger partial charge on any atom is -0.306 e. The van der Waals surface area contributed by atoms with E-state index in [1.807, 2.05) is 6.07 Å². The first-order chi connectivity index (χ1) is 9.99. The summed E-state index contributed by atoms with van der Waals surface area (Å²) < 4.78 is 0.540. The highest BCUT2D eigenvalue weighted by atomic mass is 79.9. The minimum absolute atomic E-state index is 0.0947. The zero-order valence-electron chi connectivity index (χ0n) is 12.0. The second kappa shape index (κ2) is 6.83. The Morgan fingerprint density at radius 1 is 1.24 bits per heavy atom. The third kappa shape index (κ3) is 3.89. The Morgan fingerprint density at radius 3 is 2.52 bits per heavy atom. The van der Waals surface area contributed by atoms with Gasteiger partial charge in [0.05, 0.1) is 9.40 Å². The molecule has 0 unspecified atom stereocenters. The van der Waals surface area contributed by atoms with Crippen LogP contribution in [0.2, 0.25) is 0 Å². The molecule has 0 aliphatic rings. The van der Waals surface area contributed by atoms with Gasteiger partial charge < -0.3 is 5.32 Å². The normalized spacial score (nSPS) is 12.1. The van der Waals surface area contributed by atoms with Gasteiger partial charge in [0.15, 0.2) is 0 Å². The Labute approximate surface area is 132 Å². The number of nitrogens with zero attached hydrogens (tertiary/aromatic N) is 1. The number of nitrogens with one attached hydrogen (secondary N) is 1. The van der Waals surface area contributed by atoms with Gasteiger partial charge in [-0.05, 0) is 40.9 Å². The van der Waals surface area contributed by atoms with Crippen molar-refractivity contribution in [2.45, 2.75) is 26.4 Å². The SMILES string of the molecule is Cc1ccc([C@H](C)NCc2cccc([N+](=O)[O-])c2Br)cc1. The maximum absolute atomic E-state index is 10.9. The molecule has 0 saturated carbocycles. The monoisotopic (exact) mass is 348 g/mol. The fraction of sp³-hybridized carbons (Fsp3) is 0.250. The van der Waals surface area contributed by atoms with Gasteiger partial charge in [-0.25, -0.2) is 0 Å². The molecule has 0 radical (unpaired) electrons. The van der Waals surface area contributed by atoms with Crippen molar-refractivity contribution in [2.75, 3.05) is 0 Å². The minimum atomic E-state index is -0.378. The maximum atomic E-state index is 10.9. The zero-order chi connectivity index (χ0) is 15.4. The Balaban J connectivity index is 2.08. The summed E-state index contributed by atoms with van der Waals surface area (Å²) >= 11 is 3.32. The topological polar surface area (TPSA) is 55.2 Å². The summed E-state index contributed by atoms with van der Waals surface area (Å²) in [4.78, 5) is 10.5. The van der Waals surface area contributed by atoms with Gasteiger partial charge in [-0.1, -0.05) is 42.0 Å². The van der Waals surface area contributed by atoms with Crippen LogP contribution in [-0.4, -0.2) is 4.92 Å². The standard InChI is InChI=1S/C16H17BrN2O2/c1-11-6-8-13(9-7-11)12(2)18-10-14-4-3-5-15(16(14)17)19(20)21/h3-9,12,18H,10H2,1-2H3/t12-/m0/s1. The molecule has 0 amide bonds. The van der Waals surface area contributed by atoms with Gasteiger partial charge in [0.1, 0.15) is 0 Å². The van der Waals surface area contributed by atoms with Crippen LogP contribution in [0.3, 0.4) is 0 Å². The summed E-state index contributed by atoms with van der Waals surface area (Å²) in [5, 5.41) is 14.3. The lowest BCUT2D eigenvalue weighted by atomic mass is 10.1. The maximum Gasteiger partial charge on any atom is 0.283 e. The Bertz CT molecular complexity index is 641. The number of hydrogen-bond donors (Lipinski definition) is 1. The van der Waals surface area contributed by atoms with Crippen LogP contribution in [0.25, 0.3) is 0 Å². The molecule has 2 rings (SSSR count). The Morgan fingerprint density at radius 2 is 1.90 bits per heavy atom. The van der Waals surface area contributed by atoms with E-state index in [1.165, 1.54) is 17.2 Å². The van der Waals surface area contributed by atoms with E-state index in [9.17, 15) is 10.1 Å². The molecule has 0 aromatic heterocycles. The molecule has 0 aliphatic carbocycles. The van der Waals surface area contributed by atoms with Crippen molar-refractivity contribution in [3.8, 4) is 0 Å². The van der Waals surface area contributed by atoms with Crippen molar-refractivity contribution in [1.29, 1.82) is 0 Å². The molecule has 5 heteroatoms. The van der Waals surface area contributed by atoms with E-state index in [4.69, 9.17) is 0 Å².